The van der Waals surface area contributed by atoms with Crippen molar-refractivity contribution in [2.75, 3.05) is 13.1 Å². The first-order valence-corrected chi connectivity index (χ1v) is 6.45. The van der Waals surface area contributed by atoms with Gasteiger partial charge < -0.3 is 9.32 Å². The van der Waals surface area contributed by atoms with Gasteiger partial charge in [0.1, 0.15) is 6.07 Å². The maximum Gasteiger partial charge on any atom is 0.289 e. The highest BCUT2D eigenvalue weighted by Gasteiger charge is 2.34. The lowest BCUT2D eigenvalue weighted by Crippen LogP contribution is -2.50. The topological polar surface area (TPSA) is 75.1 Å². The molecule has 0 saturated carbocycles. The molecule has 2 aromatic rings. The van der Waals surface area contributed by atoms with Crippen molar-refractivity contribution < 1.29 is 9.21 Å². The molecular formula is C12H9BrN4O2. The first kappa shape index (κ1) is 12.0. The van der Waals surface area contributed by atoms with E-state index in [9.17, 15) is 4.79 Å². The van der Waals surface area contributed by atoms with Gasteiger partial charge in [-0.25, -0.2) is 0 Å². The van der Waals surface area contributed by atoms with Crippen LogP contribution in [0.15, 0.2) is 33.6 Å². The van der Waals surface area contributed by atoms with Crippen molar-refractivity contribution in [2.24, 2.45) is 0 Å². The maximum absolute atomic E-state index is 12.0. The smallest absolute Gasteiger partial charge is 0.289 e. The summed E-state index contributed by atoms with van der Waals surface area (Å²) in [5.41, 5.74) is 0.528. The molecule has 7 heteroatoms. The first-order chi connectivity index (χ1) is 9.17. The van der Waals surface area contributed by atoms with Crippen LogP contribution in [-0.2, 0) is 0 Å². The maximum atomic E-state index is 12.0. The lowest BCUT2D eigenvalue weighted by atomic mass is 10.1. The third-order valence-corrected chi connectivity index (χ3v) is 3.46. The summed E-state index contributed by atoms with van der Waals surface area (Å²) in [6.07, 6.45) is 3.21. The molecule has 3 rings (SSSR count). The van der Waals surface area contributed by atoms with E-state index in [1.807, 2.05) is 6.07 Å². The van der Waals surface area contributed by atoms with Crippen molar-refractivity contribution in [3.63, 3.8) is 0 Å². The van der Waals surface area contributed by atoms with E-state index in [0.29, 0.717) is 29.1 Å². The minimum atomic E-state index is -0.130. The van der Waals surface area contributed by atoms with E-state index < -0.39 is 0 Å². The number of rotatable bonds is 2. The number of halogens is 1. The molecule has 0 unspecified atom stereocenters. The van der Waals surface area contributed by atoms with Crippen LogP contribution < -0.4 is 0 Å². The van der Waals surface area contributed by atoms with Gasteiger partial charge in [-0.3, -0.25) is 9.48 Å². The molecule has 6 nitrogen and oxygen atoms in total. The quantitative estimate of drug-likeness (QED) is 0.845. The Kier molecular flexibility index (Phi) is 2.87. The number of nitrogens with zero attached hydrogens (tertiary/aromatic N) is 4. The van der Waals surface area contributed by atoms with Gasteiger partial charge in [0.2, 0.25) is 0 Å². The number of nitriles is 1. The van der Waals surface area contributed by atoms with Gasteiger partial charge in [-0.05, 0) is 28.1 Å². The summed E-state index contributed by atoms with van der Waals surface area (Å²) in [6.45, 7) is 1.15. The molecule has 0 radical (unpaired) electrons. The fourth-order valence-corrected chi connectivity index (χ4v) is 2.28. The predicted octanol–water partition coefficient (Wildman–Crippen LogP) is 1.81. The third kappa shape index (κ3) is 2.15. The second-order valence-corrected chi connectivity index (χ2v) is 5.07. The predicted molar refractivity (Wildman–Crippen MR) is 68.3 cm³/mol. The van der Waals surface area contributed by atoms with Gasteiger partial charge in [-0.15, -0.1) is 0 Å². The lowest BCUT2D eigenvalue weighted by Gasteiger charge is -2.38. The Morgan fingerprint density at radius 3 is 2.89 bits per heavy atom. The first-order valence-electron chi connectivity index (χ1n) is 5.66. The fraction of sp³-hybridized carbons (Fsp3) is 0.250. The van der Waals surface area contributed by atoms with Gasteiger partial charge in [-0.2, -0.15) is 10.4 Å². The zero-order valence-corrected chi connectivity index (χ0v) is 11.4. The Balaban J connectivity index is 1.64. The van der Waals surface area contributed by atoms with Crippen molar-refractivity contribution in [2.45, 2.75) is 6.04 Å². The van der Waals surface area contributed by atoms with Crippen LogP contribution in [0.1, 0.15) is 22.2 Å². The monoisotopic (exact) mass is 320 g/mol. The van der Waals surface area contributed by atoms with E-state index >= 15 is 0 Å². The van der Waals surface area contributed by atoms with Gasteiger partial charge in [-0.1, -0.05) is 0 Å². The van der Waals surface area contributed by atoms with Crippen LogP contribution in [0.5, 0.6) is 0 Å². The summed E-state index contributed by atoms with van der Waals surface area (Å²) in [5.74, 6) is 0.193. The molecule has 1 fully saturated rings. The average molecular weight is 321 g/mol. The number of carbonyl (C=O) groups excluding carboxylic acids is 1. The second kappa shape index (κ2) is 4.55. The second-order valence-electron chi connectivity index (χ2n) is 4.29. The molecule has 0 bridgehead atoms. The molecule has 0 aliphatic carbocycles. The molecule has 3 heterocycles. The standard InChI is InChI=1S/C12H9BrN4O2/c13-11-2-1-10(19-11)12(18)16-6-9(7-16)17-5-8(3-14)4-15-17/h1-2,4-5,9H,6-7H2. The molecule has 1 saturated heterocycles. The van der Waals surface area contributed by atoms with E-state index in [-0.39, 0.29) is 11.9 Å². The Morgan fingerprint density at radius 1 is 1.53 bits per heavy atom. The van der Waals surface area contributed by atoms with Gasteiger partial charge >= 0.3 is 0 Å². The molecule has 0 spiro atoms. The van der Waals surface area contributed by atoms with Gasteiger partial charge in [0.25, 0.3) is 5.91 Å². The van der Waals surface area contributed by atoms with Gasteiger partial charge in [0, 0.05) is 19.3 Å². The molecule has 96 valence electrons. The number of hydrogen-bond acceptors (Lipinski definition) is 4. The zero-order chi connectivity index (χ0) is 13.4. The highest BCUT2D eigenvalue weighted by atomic mass is 79.9. The Bertz CT molecular complexity index is 663. The van der Waals surface area contributed by atoms with Crippen molar-refractivity contribution in [1.82, 2.24) is 14.7 Å². The largest absolute Gasteiger partial charge is 0.444 e. The van der Waals surface area contributed by atoms with Crippen LogP contribution in [-0.4, -0.2) is 33.7 Å². The van der Waals surface area contributed by atoms with Crippen LogP contribution in [0, 0.1) is 11.3 Å². The molecule has 0 N–H and O–H groups in total. The van der Waals surface area contributed by atoms with Crippen molar-refractivity contribution in [3.8, 4) is 6.07 Å². The number of carbonyl (C=O) groups is 1. The van der Waals surface area contributed by atoms with Crippen LogP contribution in [0.25, 0.3) is 0 Å². The summed E-state index contributed by atoms with van der Waals surface area (Å²) in [7, 11) is 0. The molecular weight excluding hydrogens is 312 g/mol. The molecule has 2 aromatic heterocycles. The summed E-state index contributed by atoms with van der Waals surface area (Å²) >= 11 is 3.17. The van der Waals surface area contributed by atoms with Crippen molar-refractivity contribution in [3.05, 3.63) is 40.5 Å². The minimum Gasteiger partial charge on any atom is -0.444 e. The third-order valence-electron chi connectivity index (χ3n) is 3.04. The lowest BCUT2D eigenvalue weighted by molar-refractivity contribution is 0.0468. The van der Waals surface area contributed by atoms with E-state index in [4.69, 9.17) is 9.68 Å². The van der Waals surface area contributed by atoms with Gasteiger partial charge in [0.15, 0.2) is 10.4 Å². The average Bonchev–Trinajstić information content (AvgIpc) is 2.96. The SMILES string of the molecule is N#Cc1cnn(C2CN(C(=O)c3ccc(Br)o3)C2)c1. The zero-order valence-electron chi connectivity index (χ0n) is 9.78. The summed E-state index contributed by atoms with van der Waals surface area (Å²) in [6, 6.07) is 5.49. The molecule has 1 aliphatic heterocycles. The van der Waals surface area contributed by atoms with Crippen LogP contribution in [0.4, 0.5) is 0 Å². The van der Waals surface area contributed by atoms with E-state index in [1.165, 1.54) is 6.20 Å². The molecule has 0 aromatic carbocycles. The van der Waals surface area contributed by atoms with E-state index in [2.05, 4.69) is 21.0 Å². The number of aromatic nitrogens is 2. The van der Waals surface area contributed by atoms with Gasteiger partial charge in [0.05, 0.1) is 17.8 Å². The van der Waals surface area contributed by atoms with E-state index in [0.717, 1.165) is 0 Å². The summed E-state index contributed by atoms with van der Waals surface area (Å²) in [5, 5.41) is 12.8. The molecule has 19 heavy (non-hydrogen) atoms. The van der Waals surface area contributed by atoms with Crippen LogP contribution >= 0.6 is 15.9 Å². The normalized spacial score (nSPS) is 15.1. The highest BCUT2D eigenvalue weighted by molar-refractivity contribution is 9.10. The summed E-state index contributed by atoms with van der Waals surface area (Å²) in [4.78, 5) is 13.7. The number of likely N-dealkylation sites (tertiary alicyclic amines) is 1. The number of hydrogen-bond donors (Lipinski definition) is 0. The summed E-state index contributed by atoms with van der Waals surface area (Å²) < 4.78 is 7.49. The number of amides is 1. The molecule has 1 amide bonds. The van der Waals surface area contributed by atoms with Crippen LogP contribution in [0.3, 0.4) is 0 Å². The Hall–Kier alpha value is -2.07. The van der Waals surface area contributed by atoms with Crippen molar-refractivity contribution >= 4 is 21.8 Å². The van der Waals surface area contributed by atoms with E-state index in [1.54, 1.807) is 27.9 Å². The van der Waals surface area contributed by atoms with Crippen molar-refractivity contribution in [1.29, 1.82) is 5.26 Å². The highest BCUT2D eigenvalue weighted by Crippen LogP contribution is 2.24. The Labute approximate surface area is 117 Å². The number of furan rings is 1. The fourth-order valence-electron chi connectivity index (χ4n) is 1.97. The minimum absolute atomic E-state index is 0.129. The molecule has 1 aliphatic rings. The molecule has 0 atom stereocenters. The van der Waals surface area contributed by atoms with Crippen LogP contribution in [0.2, 0.25) is 0 Å². The Morgan fingerprint density at radius 2 is 2.32 bits per heavy atom.